The Labute approximate surface area is 221 Å². The highest BCUT2D eigenvalue weighted by atomic mass is 19.2. The summed E-state index contributed by atoms with van der Waals surface area (Å²) in [5.74, 6) is -7.97. The lowest BCUT2D eigenvalue weighted by atomic mass is 9.98. The van der Waals surface area contributed by atoms with Crippen LogP contribution in [-0.4, -0.2) is 0 Å². The first kappa shape index (κ1) is 27.6. The van der Waals surface area contributed by atoms with Crippen molar-refractivity contribution < 1.29 is 30.7 Å². The van der Waals surface area contributed by atoms with E-state index in [9.17, 15) is 30.7 Å². The normalized spacial score (nSPS) is 12.4. The summed E-state index contributed by atoms with van der Waals surface area (Å²) < 4.78 is 97.9. The van der Waals surface area contributed by atoms with Gasteiger partial charge in [-0.2, -0.15) is 0 Å². The number of rotatable bonds is 7. The molecule has 39 heavy (non-hydrogen) atoms. The molecule has 0 bridgehead atoms. The van der Waals surface area contributed by atoms with Crippen LogP contribution in [0.4, 0.5) is 30.7 Å². The predicted molar refractivity (Wildman–Crippen MR) is 141 cm³/mol. The minimum absolute atomic E-state index is 0.0914. The van der Waals surface area contributed by atoms with E-state index in [-0.39, 0.29) is 27.8 Å². The van der Waals surface area contributed by atoms with Crippen LogP contribution >= 0.6 is 0 Å². The lowest BCUT2D eigenvalue weighted by molar-refractivity contribution is 0.447. The SMILES string of the molecule is CCC=CC(F)=C(F)c1ccc(C=Cc2ccc(-c3ccc(-c4cc(F)c(F)c(F)c4)c(F)c3)c(F)c2)cc1. The lowest BCUT2D eigenvalue weighted by Crippen LogP contribution is -1.94. The van der Waals surface area contributed by atoms with Gasteiger partial charge in [0.15, 0.2) is 29.1 Å². The molecule has 0 saturated carbocycles. The Morgan fingerprint density at radius 3 is 1.77 bits per heavy atom. The maximum absolute atomic E-state index is 14.9. The van der Waals surface area contributed by atoms with E-state index in [4.69, 9.17) is 0 Å². The highest BCUT2D eigenvalue weighted by molar-refractivity contribution is 5.75. The second-order valence-corrected chi connectivity index (χ2v) is 8.62. The summed E-state index contributed by atoms with van der Waals surface area (Å²) in [4.78, 5) is 0. The maximum atomic E-state index is 14.9. The molecular weight excluding hydrogens is 517 g/mol. The molecule has 0 nitrogen and oxygen atoms in total. The predicted octanol–water partition coefficient (Wildman–Crippen LogP) is 10.5. The van der Waals surface area contributed by atoms with E-state index >= 15 is 0 Å². The minimum atomic E-state index is -1.65. The monoisotopic (exact) mass is 538 g/mol. The number of hydrogen-bond acceptors (Lipinski definition) is 0. The van der Waals surface area contributed by atoms with Crippen LogP contribution in [-0.2, 0) is 0 Å². The van der Waals surface area contributed by atoms with Gasteiger partial charge in [-0.25, -0.2) is 30.7 Å². The van der Waals surface area contributed by atoms with Crippen molar-refractivity contribution >= 4 is 18.0 Å². The third-order valence-corrected chi connectivity index (χ3v) is 5.91. The standard InChI is InChI=1S/C32H21F7/c1-2-3-4-26(33)31(38)21-10-7-19(8-11-21)5-6-20-9-13-24(27(34)15-20)22-12-14-25(28(35)16-22)23-17-29(36)32(39)30(37)18-23/h3-18H,2H2,1H3. The molecule has 198 valence electrons. The van der Waals surface area contributed by atoms with Gasteiger partial charge in [-0.15, -0.1) is 0 Å². The molecule has 0 aliphatic carbocycles. The molecule has 0 N–H and O–H groups in total. The third-order valence-electron chi connectivity index (χ3n) is 5.91. The molecule has 0 saturated heterocycles. The van der Waals surface area contributed by atoms with Gasteiger partial charge >= 0.3 is 0 Å². The molecule has 4 aromatic carbocycles. The number of benzene rings is 4. The van der Waals surface area contributed by atoms with Gasteiger partial charge in [0.2, 0.25) is 0 Å². The van der Waals surface area contributed by atoms with Crippen molar-refractivity contribution in [3.63, 3.8) is 0 Å². The molecule has 0 radical (unpaired) electrons. The van der Waals surface area contributed by atoms with Crippen molar-refractivity contribution in [2.45, 2.75) is 13.3 Å². The Kier molecular flexibility index (Phi) is 8.49. The van der Waals surface area contributed by atoms with Gasteiger partial charge in [0.25, 0.3) is 0 Å². The Bertz CT molecular complexity index is 1570. The first-order chi connectivity index (χ1) is 18.7. The largest absolute Gasteiger partial charge is 0.206 e. The second-order valence-electron chi connectivity index (χ2n) is 8.62. The van der Waals surface area contributed by atoms with Gasteiger partial charge in [0, 0.05) is 16.7 Å². The van der Waals surface area contributed by atoms with E-state index in [1.807, 2.05) is 6.92 Å². The molecule has 0 heterocycles. The zero-order valence-corrected chi connectivity index (χ0v) is 20.6. The number of allylic oxidation sites excluding steroid dienone is 3. The van der Waals surface area contributed by atoms with Gasteiger partial charge < -0.3 is 0 Å². The first-order valence-electron chi connectivity index (χ1n) is 11.9. The van der Waals surface area contributed by atoms with Crippen molar-refractivity contribution in [2.75, 3.05) is 0 Å². The van der Waals surface area contributed by atoms with Crippen molar-refractivity contribution in [1.82, 2.24) is 0 Å². The fourth-order valence-electron chi connectivity index (χ4n) is 3.86. The lowest BCUT2D eigenvalue weighted by Gasteiger charge is -2.09. The molecule has 7 heteroatoms. The topological polar surface area (TPSA) is 0 Å². The fraction of sp³-hybridized carbons (Fsp3) is 0.0625. The fourth-order valence-corrected chi connectivity index (χ4v) is 3.86. The van der Waals surface area contributed by atoms with Crippen LogP contribution in [0.3, 0.4) is 0 Å². The van der Waals surface area contributed by atoms with Crippen molar-refractivity contribution in [2.24, 2.45) is 0 Å². The average Bonchev–Trinajstić information content (AvgIpc) is 2.93. The zero-order chi connectivity index (χ0) is 28.1. The zero-order valence-electron chi connectivity index (χ0n) is 20.6. The third kappa shape index (κ3) is 6.37. The molecule has 0 aliphatic heterocycles. The molecule has 0 fully saturated rings. The average molecular weight is 539 g/mol. The summed E-state index contributed by atoms with van der Waals surface area (Å²) in [7, 11) is 0. The molecule has 4 rings (SSSR count). The Morgan fingerprint density at radius 2 is 1.15 bits per heavy atom. The maximum Gasteiger partial charge on any atom is 0.194 e. The van der Waals surface area contributed by atoms with Crippen LogP contribution in [0.25, 0.3) is 40.2 Å². The summed E-state index contributed by atoms with van der Waals surface area (Å²) >= 11 is 0. The van der Waals surface area contributed by atoms with Crippen LogP contribution < -0.4 is 0 Å². The quantitative estimate of drug-likeness (QED) is 0.0950. The second kappa shape index (κ2) is 12.0. The summed E-state index contributed by atoms with van der Waals surface area (Å²) in [6, 6.07) is 15.4. The van der Waals surface area contributed by atoms with Gasteiger partial charge in [0.1, 0.15) is 11.6 Å². The Morgan fingerprint density at radius 1 is 0.615 bits per heavy atom. The van der Waals surface area contributed by atoms with E-state index in [2.05, 4.69) is 0 Å². The first-order valence-corrected chi connectivity index (χ1v) is 11.9. The highest BCUT2D eigenvalue weighted by Gasteiger charge is 2.15. The van der Waals surface area contributed by atoms with E-state index in [0.717, 1.165) is 12.1 Å². The molecule has 0 atom stereocenters. The van der Waals surface area contributed by atoms with E-state index in [0.29, 0.717) is 29.7 Å². The minimum Gasteiger partial charge on any atom is -0.206 e. The van der Waals surface area contributed by atoms with Crippen LogP contribution in [0.2, 0.25) is 0 Å². The van der Waals surface area contributed by atoms with Crippen LogP contribution in [0.5, 0.6) is 0 Å². The van der Waals surface area contributed by atoms with Crippen LogP contribution in [0.1, 0.15) is 30.0 Å². The molecule has 4 aromatic rings. The summed E-state index contributed by atoms with van der Waals surface area (Å²) in [6.45, 7) is 1.81. The number of hydrogen-bond donors (Lipinski definition) is 0. The molecule has 0 aromatic heterocycles. The van der Waals surface area contributed by atoms with E-state index in [1.54, 1.807) is 30.4 Å². The summed E-state index contributed by atoms with van der Waals surface area (Å²) in [6.07, 6.45) is 6.47. The van der Waals surface area contributed by atoms with Crippen molar-refractivity contribution in [3.05, 3.63) is 137 Å². The summed E-state index contributed by atoms with van der Waals surface area (Å²) in [5.41, 5.74) is 1.19. The molecular formula is C32H21F7. The van der Waals surface area contributed by atoms with Crippen LogP contribution in [0.15, 0.2) is 90.8 Å². The van der Waals surface area contributed by atoms with Crippen LogP contribution in [0, 0.1) is 29.1 Å². The van der Waals surface area contributed by atoms with Crippen molar-refractivity contribution in [3.8, 4) is 22.3 Å². The number of halogens is 7. The van der Waals surface area contributed by atoms with Gasteiger partial charge in [-0.05, 0) is 59.0 Å². The molecule has 0 aliphatic rings. The van der Waals surface area contributed by atoms with E-state index in [1.165, 1.54) is 42.5 Å². The van der Waals surface area contributed by atoms with Gasteiger partial charge in [-0.1, -0.05) is 73.7 Å². The molecule has 0 unspecified atom stereocenters. The molecule has 0 spiro atoms. The Hall–Kier alpha value is -4.39. The Balaban J connectivity index is 1.52. The van der Waals surface area contributed by atoms with Crippen molar-refractivity contribution in [1.29, 1.82) is 0 Å². The smallest absolute Gasteiger partial charge is 0.194 e. The van der Waals surface area contributed by atoms with E-state index < -0.39 is 40.7 Å². The summed E-state index contributed by atoms with van der Waals surface area (Å²) in [5, 5.41) is 0. The highest BCUT2D eigenvalue weighted by Crippen LogP contribution is 2.31. The van der Waals surface area contributed by atoms with Gasteiger partial charge in [-0.3, -0.25) is 0 Å². The molecule has 0 amide bonds. The van der Waals surface area contributed by atoms with Gasteiger partial charge in [0.05, 0.1) is 0 Å².